The van der Waals surface area contributed by atoms with Gasteiger partial charge in [0.1, 0.15) is 0 Å². The molecule has 0 aliphatic heterocycles. The van der Waals surface area contributed by atoms with E-state index in [1.807, 2.05) is 0 Å². The molecule has 50 heavy (non-hydrogen) atoms. The van der Waals surface area contributed by atoms with Crippen molar-refractivity contribution in [1.29, 1.82) is 0 Å². The van der Waals surface area contributed by atoms with Gasteiger partial charge in [-0.05, 0) is 0 Å². The molecule has 0 fully saturated rings. The van der Waals surface area contributed by atoms with Gasteiger partial charge in [-0.1, -0.05) is 103 Å². The van der Waals surface area contributed by atoms with Gasteiger partial charge in [-0.25, -0.2) is 0 Å². The topological polar surface area (TPSA) is 0 Å². The first-order valence-corrected chi connectivity index (χ1v) is 24.9. The van der Waals surface area contributed by atoms with Gasteiger partial charge in [-0.2, -0.15) is 0 Å². The summed E-state index contributed by atoms with van der Waals surface area (Å²) >= 11 is 4.62. The first kappa shape index (κ1) is 40.6. The quantitative estimate of drug-likeness (QED) is 0.0420. The van der Waals surface area contributed by atoms with Crippen molar-refractivity contribution in [3.05, 3.63) is 121 Å². The summed E-state index contributed by atoms with van der Waals surface area (Å²) in [5, 5.41) is 2.25. The number of hydrogen-bond acceptors (Lipinski definition) is 0. The molecular formula is C48H68BrP. The average Bonchev–Trinajstić information content (AvgIpc) is 3.18. The zero-order valence-electron chi connectivity index (χ0n) is 31.6. The number of hydrogen-bond donors (Lipinski definition) is 0. The third-order valence-corrected chi connectivity index (χ3v) is 20.9. The molecule has 0 N–H and O–H groups in total. The Hall–Kier alpha value is -2.21. The molecule has 0 nitrogen and oxygen atoms in total. The molecule has 0 saturated heterocycles. The van der Waals surface area contributed by atoms with Crippen molar-refractivity contribution in [1.82, 2.24) is 0 Å². The maximum atomic E-state index is 4.62. The van der Waals surface area contributed by atoms with Crippen molar-refractivity contribution in [2.45, 2.75) is 155 Å². The summed E-state index contributed by atoms with van der Waals surface area (Å²) in [5.41, 5.74) is 1.45. The van der Waals surface area contributed by atoms with E-state index in [1.54, 1.807) is 0 Å². The molecule has 4 rings (SSSR count). The van der Waals surface area contributed by atoms with Gasteiger partial charge in [0.2, 0.25) is 0 Å². The van der Waals surface area contributed by atoms with E-state index in [-0.39, 0.29) is 0 Å². The van der Waals surface area contributed by atoms with Crippen molar-refractivity contribution < 1.29 is 0 Å². The third kappa shape index (κ3) is 11.9. The van der Waals surface area contributed by atoms with Crippen molar-refractivity contribution >= 4 is 42.0 Å². The van der Waals surface area contributed by atoms with Crippen LogP contribution in [0.15, 0.2) is 115 Å². The SMILES string of the molecule is CCCCCCCCCCCCCCCCCCCCCCCCc1ccc(P(Br)(c2ccccc2)(c2ccccc2)c2ccccc2)cc1. The summed E-state index contributed by atoms with van der Waals surface area (Å²) in [5.74, 6) is 0. The van der Waals surface area contributed by atoms with Gasteiger partial charge in [0, 0.05) is 0 Å². The van der Waals surface area contributed by atoms with E-state index in [4.69, 9.17) is 0 Å². The molecule has 2 heteroatoms. The van der Waals surface area contributed by atoms with E-state index in [2.05, 4.69) is 138 Å². The van der Waals surface area contributed by atoms with Crippen molar-refractivity contribution in [2.24, 2.45) is 0 Å². The summed E-state index contributed by atoms with van der Waals surface area (Å²) < 4.78 is 0. The number of halogens is 1. The summed E-state index contributed by atoms with van der Waals surface area (Å²) in [6.07, 6.45) is 32.7. The molecule has 0 amide bonds. The fourth-order valence-electron chi connectivity index (χ4n) is 7.90. The van der Waals surface area contributed by atoms with Crippen LogP contribution in [0, 0.1) is 0 Å². The summed E-state index contributed by atoms with van der Waals surface area (Å²) in [6.45, 7) is 2.30. The average molecular weight is 756 g/mol. The Morgan fingerprint density at radius 2 is 0.580 bits per heavy atom. The molecule has 0 atom stereocenters. The Morgan fingerprint density at radius 3 is 0.880 bits per heavy atom. The molecular weight excluding hydrogens is 687 g/mol. The zero-order chi connectivity index (χ0) is 35.0. The molecule has 0 heterocycles. The standard InChI is InChI=1S/C48H68BrP/c1-2-3-4-5-6-7-8-9-10-11-12-13-14-15-16-17-18-19-20-21-22-26-33-44-40-42-48(43-41-44)50(49,45-34-27-23-28-35-45,46-36-29-24-30-37-46)47-38-31-25-32-39-47/h23-25,27-32,34-43H,2-22,26,33H2,1H3. The Labute approximate surface area is 316 Å². The van der Waals surface area contributed by atoms with Gasteiger partial charge in [0.25, 0.3) is 0 Å². The molecule has 4 aromatic carbocycles. The Bertz CT molecular complexity index is 1300. The van der Waals surface area contributed by atoms with E-state index in [0.29, 0.717) is 0 Å². The number of benzene rings is 4. The predicted octanol–water partition coefficient (Wildman–Crippen LogP) is 14.3. The normalized spacial score (nSPS) is 12.5. The van der Waals surface area contributed by atoms with Crippen LogP contribution in [0.4, 0.5) is 0 Å². The van der Waals surface area contributed by atoms with Crippen LogP contribution in [0.3, 0.4) is 0 Å². The van der Waals surface area contributed by atoms with Crippen molar-refractivity contribution in [3.8, 4) is 0 Å². The molecule has 0 aliphatic rings. The molecule has 0 saturated carbocycles. The van der Waals surface area contributed by atoms with Crippen LogP contribution in [0.5, 0.6) is 0 Å². The van der Waals surface area contributed by atoms with Crippen LogP contribution in [-0.4, -0.2) is 0 Å². The second kappa shape index (κ2) is 23.4. The monoisotopic (exact) mass is 754 g/mol. The van der Waals surface area contributed by atoms with Crippen molar-refractivity contribution in [2.75, 3.05) is 0 Å². The van der Waals surface area contributed by atoms with E-state index in [0.717, 1.165) is 0 Å². The van der Waals surface area contributed by atoms with Crippen molar-refractivity contribution in [3.63, 3.8) is 0 Å². The molecule has 0 aromatic heterocycles. The van der Waals surface area contributed by atoms with E-state index < -0.39 is 5.31 Å². The van der Waals surface area contributed by atoms with Crippen LogP contribution < -0.4 is 21.2 Å². The van der Waals surface area contributed by atoms with Gasteiger partial charge in [-0.15, -0.1) is 0 Å². The van der Waals surface area contributed by atoms with Gasteiger partial charge in [0.05, 0.1) is 0 Å². The zero-order valence-corrected chi connectivity index (χ0v) is 34.0. The molecule has 0 bridgehead atoms. The van der Waals surface area contributed by atoms with Crippen LogP contribution in [0.25, 0.3) is 0 Å². The van der Waals surface area contributed by atoms with E-state index in [1.165, 1.54) is 174 Å². The Kier molecular flexibility index (Phi) is 19.0. The molecule has 0 spiro atoms. The summed E-state index contributed by atoms with van der Waals surface area (Å²) in [6, 6.07) is 42.9. The molecule has 4 aromatic rings. The van der Waals surface area contributed by atoms with Gasteiger partial charge < -0.3 is 0 Å². The molecule has 0 unspecified atom stereocenters. The number of rotatable bonds is 27. The predicted molar refractivity (Wildman–Crippen MR) is 231 cm³/mol. The number of unbranched alkanes of at least 4 members (excludes halogenated alkanes) is 21. The first-order chi connectivity index (χ1) is 24.7. The molecule has 0 aliphatic carbocycles. The number of aryl methyl sites for hydroxylation is 1. The summed E-state index contributed by atoms with van der Waals surface area (Å²) in [7, 11) is 0. The summed E-state index contributed by atoms with van der Waals surface area (Å²) in [4.78, 5) is 0. The van der Waals surface area contributed by atoms with E-state index >= 15 is 0 Å². The maximum absolute atomic E-state index is 4.62. The minimum atomic E-state index is -3.12. The Balaban J connectivity index is 1.11. The van der Waals surface area contributed by atoms with Gasteiger partial charge in [0.15, 0.2) is 0 Å². The van der Waals surface area contributed by atoms with Crippen LogP contribution in [-0.2, 0) is 6.42 Å². The second-order valence-electron chi connectivity index (χ2n) is 14.9. The van der Waals surface area contributed by atoms with Crippen LogP contribution >= 0.6 is 20.8 Å². The molecule has 272 valence electrons. The Morgan fingerprint density at radius 1 is 0.320 bits per heavy atom. The first-order valence-electron chi connectivity index (χ1n) is 20.7. The van der Waals surface area contributed by atoms with Gasteiger partial charge >= 0.3 is 214 Å². The van der Waals surface area contributed by atoms with Gasteiger partial charge in [-0.3, -0.25) is 0 Å². The minimum absolute atomic E-state index is 1.17. The van der Waals surface area contributed by atoms with E-state index in [9.17, 15) is 0 Å². The van der Waals surface area contributed by atoms with Crippen LogP contribution in [0.1, 0.15) is 154 Å². The van der Waals surface area contributed by atoms with Crippen LogP contribution in [0.2, 0.25) is 0 Å². The second-order valence-corrected chi connectivity index (χ2v) is 23.2. The third-order valence-electron chi connectivity index (χ3n) is 11.0. The fraction of sp³-hybridized carbons (Fsp3) is 0.500. The molecule has 0 radical (unpaired) electrons. The fourth-order valence-corrected chi connectivity index (χ4v) is 15.4.